The second-order valence-corrected chi connectivity index (χ2v) is 9.22. The summed E-state index contributed by atoms with van der Waals surface area (Å²) in [6.07, 6.45) is 10.7. The highest BCUT2D eigenvalue weighted by atomic mass is 16.3. The van der Waals surface area contributed by atoms with Crippen LogP contribution in [0.3, 0.4) is 0 Å². The Morgan fingerprint density at radius 2 is 1.48 bits per heavy atom. The van der Waals surface area contributed by atoms with Gasteiger partial charge in [-0.2, -0.15) is 0 Å². The summed E-state index contributed by atoms with van der Waals surface area (Å²) in [4.78, 5) is 0. The summed E-state index contributed by atoms with van der Waals surface area (Å²) in [7, 11) is 0. The fourth-order valence-corrected chi connectivity index (χ4v) is 7.21. The van der Waals surface area contributed by atoms with E-state index in [1.54, 1.807) is 0 Å². The third kappa shape index (κ3) is 1.91. The lowest BCUT2D eigenvalue weighted by Crippen LogP contribution is -2.54. The lowest BCUT2D eigenvalue weighted by atomic mass is 9.45. The van der Waals surface area contributed by atoms with E-state index in [1.165, 1.54) is 38.5 Å². The maximum atomic E-state index is 10.5. The number of aliphatic hydroxyl groups is 2. The molecular weight excluding hydrogens is 260 g/mol. The maximum Gasteiger partial charge on any atom is 0.0596 e. The summed E-state index contributed by atoms with van der Waals surface area (Å²) in [6, 6.07) is 0. The molecule has 0 unspecified atom stereocenters. The first kappa shape index (κ1) is 14.5. The largest absolute Gasteiger partial charge is 0.393 e. The fourth-order valence-electron chi connectivity index (χ4n) is 7.21. The second-order valence-electron chi connectivity index (χ2n) is 9.22. The maximum absolute atomic E-state index is 10.5. The lowest BCUT2D eigenvalue weighted by Gasteiger charge is -2.60. The van der Waals surface area contributed by atoms with Gasteiger partial charge in [0.15, 0.2) is 0 Å². The van der Waals surface area contributed by atoms with Crippen molar-refractivity contribution in [2.45, 2.75) is 83.8 Å². The highest BCUT2D eigenvalue weighted by Gasteiger charge is 2.59. The minimum atomic E-state index is -0.0536. The highest BCUT2D eigenvalue weighted by Crippen LogP contribution is 2.66. The summed E-state index contributed by atoms with van der Waals surface area (Å²) in [6.45, 7) is 4.90. The molecular formula is C19H32O2. The van der Waals surface area contributed by atoms with Crippen LogP contribution in [0, 0.1) is 34.5 Å². The van der Waals surface area contributed by atoms with Crippen molar-refractivity contribution >= 4 is 0 Å². The summed E-state index contributed by atoms with van der Waals surface area (Å²) in [5, 5.41) is 20.5. The number of hydrogen-bond donors (Lipinski definition) is 2. The van der Waals surface area contributed by atoms with Gasteiger partial charge in [0, 0.05) is 0 Å². The summed E-state index contributed by atoms with van der Waals surface area (Å²) in [5.41, 5.74) is 0.676. The molecule has 0 aromatic rings. The van der Waals surface area contributed by atoms with Crippen molar-refractivity contribution in [3.63, 3.8) is 0 Å². The molecule has 4 aliphatic carbocycles. The zero-order chi connectivity index (χ0) is 14.8. The van der Waals surface area contributed by atoms with Crippen LogP contribution in [0.15, 0.2) is 0 Å². The quantitative estimate of drug-likeness (QED) is 0.714. The average molecular weight is 292 g/mol. The third-order valence-electron chi connectivity index (χ3n) is 8.59. The van der Waals surface area contributed by atoms with E-state index in [4.69, 9.17) is 0 Å². The van der Waals surface area contributed by atoms with E-state index in [0.29, 0.717) is 5.41 Å². The molecule has 0 spiro atoms. The Labute approximate surface area is 129 Å². The lowest BCUT2D eigenvalue weighted by molar-refractivity contribution is -0.133. The SMILES string of the molecule is C[C@]12CC[C@H](O)C[C@@H]1CC[C@@H]1[C@@H]2CC[C@@]2(C)[C@@H](O)CC[C@@H]12. The van der Waals surface area contributed by atoms with Gasteiger partial charge in [-0.05, 0) is 92.3 Å². The van der Waals surface area contributed by atoms with Gasteiger partial charge in [0.25, 0.3) is 0 Å². The van der Waals surface area contributed by atoms with Crippen molar-refractivity contribution in [3.8, 4) is 0 Å². The van der Waals surface area contributed by atoms with Crippen LogP contribution in [-0.2, 0) is 0 Å². The van der Waals surface area contributed by atoms with E-state index < -0.39 is 0 Å². The van der Waals surface area contributed by atoms with E-state index in [2.05, 4.69) is 13.8 Å². The first-order valence-electron chi connectivity index (χ1n) is 9.31. The molecule has 8 atom stereocenters. The molecule has 0 heterocycles. The van der Waals surface area contributed by atoms with E-state index in [-0.39, 0.29) is 17.6 Å². The number of fused-ring (bicyclic) bond motifs is 5. The second kappa shape index (κ2) is 4.71. The van der Waals surface area contributed by atoms with Crippen molar-refractivity contribution in [2.24, 2.45) is 34.5 Å². The van der Waals surface area contributed by atoms with Crippen LogP contribution >= 0.6 is 0 Å². The van der Waals surface area contributed by atoms with Gasteiger partial charge in [-0.1, -0.05) is 13.8 Å². The number of aliphatic hydroxyl groups excluding tert-OH is 2. The van der Waals surface area contributed by atoms with Crippen LogP contribution in [0.4, 0.5) is 0 Å². The van der Waals surface area contributed by atoms with E-state index in [1.807, 2.05) is 0 Å². The molecule has 4 aliphatic rings. The molecule has 4 fully saturated rings. The molecule has 0 bridgehead atoms. The zero-order valence-corrected chi connectivity index (χ0v) is 13.7. The molecule has 2 N–H and O–H groups in total. The Balaban J connectivity index is 1.62. The molecule has 4 saturated carbocycles. The molecule has 2 nitrogen and oxygen atoms in total. The molecule has 0 amide bonds. The highest BCUT2D eigenvalue weighted by molar-refractivity contribution is 5.09. The molecule has 0 aromatic heterocycles. The third-order valence-corrected chi connectivity index (χ3v) is 8.59. The minimum absolute atomic E-state index is 0.0400. The summed E-state index contributed by atoms with van der Waals surface area (Å²) < 4.78 is 0. The van der Waals surface area contributed by atoms with Crippen LogP contribution in [0.2, 0.25) is 0 Å². The Hall–Kier alpha value is -0.0800. The fraction of sp³-hybridized carbons (Fsp3) is 1.00. The molecule has 0 saturated heterocycles. The predicted octanol–water partition coefficient (Wildman–Crippen LogP) is 3.75. The van der Waals surface area contributed by atoms with Gasteiger partial charge in [-0.25, -0.2) is 0 Å². The Morgan fingerprint density at radius 3 is 2.29 bits per heavy atom. The smallest absolute Gasteiger partial charge is 0.0596 e. The summed E-state index contributed by atoms with van der Waals surface area (Å²) >= 11 is 0. The van der Waals surface area contributed by atoms with Gasteiger partial charge in [0.05, 0.1) is 12.2 Å². The van der Waals surface area contributed by atoms with Gasteiger partial charge < -0.3 is 10.2 Å². The van der Waals surface area contributed by atoms with Crippen molar-refractivity contribution in [3.05, 3.63) is 0 Å². The van der Waals surface area contributed by atoms with Gasteiger partial charge in [0.1, 0.15) is 0 Å². The summed E-state index contributed by atoms with van der Waals surface area (Å²) in [5.74, 6) is 3.21. The topological polar surface area (TPSA) is 40.5 Å². The Bertz CT molecular complexity index is 422. The molecule has 120 valence electrons. The normalized spacial score (nSPS) is 60.0. The molecule has 0 aromatic carbocycles. The number of hydrogen-bond acceptors (Lipinski definition) is 2. The predicted molar refractivity (Wildman–Crippen MR) is 83.7 cm³/mol. The Kier molecular flexibility index (Phi) is 3.25. The van der Waals surface area contributed by atoms with E-state index in [9.17, 15) is 10.2 Å². The van der Waals surface area contributed by atoms with E-state index in [0.717, 1.165) is 42.9 Å². The van der Waals surface area contributed by atoms with Crippen molar-refractivity contribution in [1.29, 1.82) is 0 Å². The van der Waals surface area contributed by atoms with Gasteiger partial charge in [-0.15, -0.1) is 0 Å². The van der Waals surface area contributed by atoms with Crippen molar-refractivity contribution in [1.82, 2.24) is 0 Å². The van der Waals surface area contributed by atoms with Gasteiger partial charge in [-0.3, -0.25) is 0 Å². The van der Waals surface area contributed by atoms with Crippen LogP contribution in [0.25, 0.3) is 0 Å². The first-order valence-corrected chi connectivity index (χ1v) is 9.31. The molecule has 0 radical (unpaired) electrons. The van der Waals surface area contributed by atoms with Crippen LogP contribution in [0.1, 0.15) is 71.6 Å². The zero-order valence-electron chi connectivity index (χ0n) is 13.7. The Morgan fingerprint density at radius 1 is 0.762 bits per heavy atom. The van der Waals surface area contributed by atoms with Crippen LogP contribution in [-0.4, -0.2) is 22.4 Å². The molecule has 2 heteroatoms. The molecule has 21 heavy (non-hydrogen) atoms. The molecule has 0 aliphatic heterocycles. The minimum Gasteiger partial charge on any atom is -0.393 e. The van der Waals surface area contributed by atoms with E-state index >= 15 is 0 Å². The van der Waals surface area contributed by atoms with Gasteiger partial charge >= 0.3 is 0 Å². The first-order chi connectivity index (χ1) is 9.95. The van der Waals surface area contributed by atoms with Gasteiger partial charge in [0.2, 0.25) is 0 Å². The molecule has 4 rings (SSSR count). The average Bonchev–Trinajstić information content (AvgIpc) is 2.76. The van der Waals surface area contributed by atoms with Crippen molar-refractivity contribution < 1.29 is 10.2 Å². The van der Waals surface area contributed by atoms with Crippen molar-refractivity contribution in [2.75, 3.05) is 0 Å². The van der Waals surface area contributed by atoms with Crippen LogP contribution < -0.4 is 0 Å². The number of rotatable bonds is 0. The monoisotopic (exact) mass is 292 g/mol. The standard InChI is InChI=1S/C19H32O2/c1-18-9-7-13(20)11-12(18)3-4-14-15-5-6-17(21)19(15,2)10-8-16(14)18/h12-17,20-21H,3-11H2,1-2H3/t12-,13-,14-,15-,16-,17-,18-,19+/m0/s1. The van der Waals surface area contributed by atoms with Crippen LogP contribution in [0.5, 0.6) is 0 Å².